The predicted molar refractivity (Wildman–Crippen MR) is 18.5 cm³/mol. The Morgan fingerprint density at radius 3 is 2.00 bits per heavy atom. The summed E-state index contributed by atoms with van der Waals surface area (Å²) in [6.45, 7) is 0. The molecule has 0 aliphatic carbocycles. The van der Waals surface area contributed by atoms with Gasteiger partial charge in [0.2, 0.25) is 0 Å². The first kappa shape index (κ1) is 8.05. The van der Waals surface area contributed by atoms with E-state index in [9.17, 15) is 22.4 Å². The SMILES string of the molecule is O=C1OOC(F)(F)C(F)(F)O1. The molecule has 0 saturated carbocycles. The maximum absolute atomic E-state index is 11.8. The van der Waals surface area contributed by atoms with Crippen LogP contribution in [-0.2, 0) is 14.5 Å². The third-order valence-corrected chi connectivity index (χ3v) is 0.765. The number of hydrogen-bond donors (Lipinski definition) is 0. The van der Waals surface area contributed by atoms with Crippen molar-refractivity contribution in [1.82, 2.24) is 0 Å². The first-order valence-corrected chi connectivity index (χ1v) is 2.19. The standard InChI is InChI=1S/C3F4O4/c4-2(5)3(6,7)11-10-1(8)9-2. The summed E-state index contributed by atoms with van der Waals surface area (Å²) in [4.78, 5) is 15.6. The van der Waals surface area contributed by atoms with Gasteiger partial charge in [0.25, 0.3) is 0 Å². The van der Waals surface area contributed by atoms with E-state index in [-0.39, 0.29) is 0 Å². The molecular formula is C3F4O4. The summed E-state index contributed by atoms with van der Waals surface area (Å²) in [5.41, 5.74) is 0. The van der Waals surface area contributed by atoms with Gasteiger partial charge in [-0.05, 0) is 0 Å². The molecule has 64 valence electrons. The Labute approximate surface area is 56.6 Å². The number of cyclic esters (lactones) is 1. The minimum Gasteiger partial charge on any atom is -0.359 e. The molecule has 1 fully saturated rings. The Hall–Kier alpha value is -1.05. The smallest absolute Gasteiger partial charge is 0.359 e. The van der Waals surface area contributed by atoms with Crippen molar-refractivity contribution < 1.29 is 36.9 Å². The molecule has 1 rings (SSSR count). The maximum atomic E-state index is 11.8. The van der Waals surface area contributed by atoms with Gasteiger partial charge in [0.1, 0.15) is 0 Å². The number of halogens is 4. The Kier molecular flexibility index (Phi) is 1.44. The minimum atomic E-state index is -4.98. The van der Waals surface area contributed by atoms with Gasteiger partial charge in [0.05, 0.1) is 0 Å². The van der Waals surface area contributed by atoms with Crippen LogP contribution >= 0.6 is 0 Å². The fourth-order valence-electron chi connectivity index (χ4n) is 0.316. The summed E-state index contributed by atoms with van der Waals surface area (Å²) in [6, 6.07) is 0. The quantitative estimate of drug-likeness (QED) is 0.316. The highest BCUT2D eigenvalue weighted by Gasteiger charge is 2.67. The molecule has 0 radical (unpaired) electrons. The number of carbonyl (C=O) groups excluding carboxylic acids is 1. The van der Waals surface area contributed by atoms with E-state index in [1.54, 1.807) is 0 Å². The van der Waals surface area contributed by atoms with Crippen molar-refractivity contribution in [1.29, 1.82) is 0 Å². The molecule has 1 aliphatic heterocycles. The molecule has 1 aliphatic rings. The largest absolute Gasteiger partial charge is 0.545 e. The fraction of sp³-hybridized carbons (Fsp3) is 0.667. The maximum Gasteiger partial charge on any atom is 0.545 e. The van der Waals surface area contributed by atoms with Gasteiger partial charge in [-0.2, -0.15) is 17.6 Å². The third-order valence-electron chi connectivity index (χ3n) is 0.765. The molecule has 1 heterocycles. The lowest BCUT2D eigenvalue weighted by Gasteiger charge is -2.26. The Morgan fingerprint density at radius 2 is 1.64 bits per heavy atom. The lowest BCUT2D eigenvalue weighted by molar-refractivity contribution is -0.534. The molecule has 0 N–H and O–H groups in total. The van der Waals surface area contributed by atoms with Gasteiger partial charge < -0.3 is 4.74 Å². The average molecular weight is 176 g/mol. The van der Waals surface area contributed by atoms with Gasteiger partial charge >= 0.3 is 18.4 Å². The normalized spacial score (nSPS) is 27.1. The topological polar surface area (TPSA) is 44.8 Å². The summed E-state index contributed by atoms with van der Waals surface area (Å²) in [5, 5.41) is 0. The van der Waals surface area contributed by atoms with Crippen LogP contribution in [0.1, 0.15) is 0 Å². The summed E-state index contributed by atoms with van der Waals surface area (Å²) >= 11 is 0. The number of ether oxygens (including phenoxy) is 1. The van der Waals surface area contributed by atoms with Crippen molar-refractivity contribution in [2.75, 3.05) is 0 Å². The monoisotopic (exact) mass is 176 g/mol. The second kappa shape index (κ2) is 1.97. The predicted octanol–water partition coefficient (Wildman–Crippen LogP) is 1.27. The van der Waals surface area contributed by atoms with Crippen molar-refractivity contribution in [2.24, 2.45) is 0 Å². The lowest BCUT2D eigenvalue weighted by atomic mass is 10.6. The van der Waals surface area contributed by atoms with Crippen LogP contribution in [0, 0.1) is 0 Å². The highest BCUT2D eigenvalue weighted by atomic mass is 19.3. The van der Waals surface area contributed by atoms with Gasteiger partial charge in [-0.3, -0.25) is 4.89 Å². The Bertz CT molecular complexity index is 190. The van der Waals surface area contributed by atoms with Crippen LogP contribution in [0.4, 0.5) is 22.4 Å². The van der Waals surface area contributed by atoms with Crippen LogP contribution in [0.3, 0.4) is 0 Å². The van der Waals surface area contributed by atoms with Crippen LogP contribution in [-0.4, -0.2) is 18.4 Å². The molecule has 0 aromatic carbocycles. The van der Waals surface area contributed by atoms with Crippen molar-refractivity contribution >= 4 is 6.16 Å². The van der Waals surface area contributed by atoms with Crippen LogP contribution in [0.5, 0.6) is 0 Å². The molecule has 4 nitrogen and oxygen atoms in total. The zero-order chi connectivity index (χ0) is 8.70. The number of alkyl halides is 4. The third kappa shape index (κ3) is 1.20. The molecule has 11 heavy (non-hydrogen) atoms. The van der Waals surface area contributed by atoms with Crippen LogP contribution in [0.2, 0.25) is 0 Å². The fourth-order valence-corrected chi connectivity index (χ4v) is 0.316. The molecule has 0 amide bonds. The first-order valence-electron chi connectivity index (χ1n) is 2.19. The molecule has 0 spiro atoms. The van der Waals surface area contributed by atoms with Crippen LogP contribution in [0.25, 0.3) is 0 Å². The highest BCUT2D eigenvalue weighted by Crippen LogP contribution is 2.39. The summed E-state index contributed by atoms with van der Waals surface area (Å²) in [6.07, 6.45) is -11.9. The van der Waals surface area contributed by atoms with E-state index in [1.165, 1.54) is 0 Å². The van der Waals surface area contributed by atoms with Gasteiger partial charge in [-0.1, -0.05) is 4.89 Å². The van der Waals surface area contributed by atoms with Crippen molar-refractivity contribution in [3.8, 4) is 0 Å². The minimum absolute atomic E-state index is 2.01. The lowest BCUT2D eigenvalue weighted by Crippen LogP contribution is -2.50. The van der Waals surface area contributed by atoms with E-state index >= 15 is 0 Å². The molecular weight excluding hydrogens is 176 g/mol. The second-order valence-corrected chi connectivity index (χ2v) is 1.55. The van der Waals surface area contributed by atoms with E-state index in [2.05, 4.69) is 14.5 Å². The van der Waals surface area contributed by atoms with Gasteiger partial charge in [-0.25, -0.2) is 4.79 Å². The molecule has 0 atom stereocenters. The molecule has 1 saturated heterocycles. The summed E-state index contributed by atoms with van der Waals surface area (Å²) in [7, 11) is 0. The molecule has 0 aromatic heterocycles. The zero-order valence-electron chi connectivity index (χ0n) is 4.64. The first-order chi connectivity index (χ1) is 4.85. The molecule has 0 unspecified atom stereocenters. The van der Waals surface area contributed by atoms with Crippen molar-refractivity contribution in [3.63, 3.8) is 0 Å². The molecule has 0 bridgehead atoms. The van der Waals surface area contributed by atoms with E-state index in [0.29, 0.717) is 0 Å². The van der Waals surface area contributed by atoms with Crippen molar-refractivity contribution in [3.05, 3.63) is 0 Å². The highest BCUT2D eigenvalue weighted by molar-refractivity contribution is 5.60. The van der Waals surface area contributed by atoms with Crippen LogP contribution in [0.15, 0.2) is 0 Å². The van der Waals surface area contributed by atoms with Crippen LogP contribution < -0.4 is 0 Å². The van der Waals surface area contributed by atoms with Gasteiger partial charge in [0, 0.05) is 0 Å². The van der Waals surface area contributed by atoms with E-state index in [1.807, 2.05) is 0 Å². The Balaban J connectivity index is 2.80. The molecule has 0 aromatic rings. The summed E-state index contributed by atoms with van der Waals surface area (Å²) in [5.74, 6) is 0. The second-order valence-electron chi connectivity index (χ2n) is 1.55. The van der Waals surface area contributed by atoms with E-state index in [4.69, 9.17) is 0 Å². The van der Waals surface area contributed by atoms with E-state index < -0.39 is 18.4 Å². The van der Waals surface area contributed by atoms with Gasteiger partial charge in [0.15, 0.2) is 0 Å². The average Bonchev–Trinajstić information content (AvgIpc) is 1.80. The number of carbonyl (C=O) groups is 1. The van der Waals surface area contributed by atoms with E-state index in [0.717, 1.165) is 0 Å². The number of hydrogen-bond acceptors (Lipinski definition) is 4. The number of rotatable bonds is 0. The zero-order valence-corrected chi connectivity index (χ0v) is 4.64. The van der Waals surface area contributed by atoms with Gasteiger partial charge in [-0.15, -0.1) is 0 Å². The summed E-state index contributed by atoms with van der Waals surface area (Å²) < 4.78 is 50.1. The Morgan fingerprint density at radius 1 is 1.09 bits per heavy atom. The van der Waals surface area contributed by atoms with Crippen molar-refractivity contribution in [2.45, 2.75) is 12.2 Å². The molecule has 8 heteroatoms.